The fourth-order valence-electron chi connectivity index (χ4n) is 3.70. The average molecular weight is 479 g/mol. The van der Waals surface area contributed by atoms with E-state index in [2.05, 4.69) is 20.9 Å². The summed E-state index contributed by atoms with van der Waals surface area (Å²) in [6.07, 6.45) is 3.21. The summed E-state index contributed by atoms with van der Waals surface area (Å²) in [5.74, 6) is -1.13. The van der Waals surface area contributed by atoms with Crippen LogP contribution in [0.2, 0.25) is 0 Å². The van der Waals surface area contributed by atoms with E-state index in [1.54, 1.807) is 48.8 Å². The van der Waals surface area contributed by atoms with Crippen LogP contribution >= 0.6 is 15.9 Å². The molecular formula is C24H19BrN2O4. The molecule has 1 amide bonds. The van der Waals surface area contributed by atoms with E-state index in [9.17, 15) is 14.7 Å². The minimum absolute atomic E-state index is 0.0107. The lowest BCUT2D eigenvalue weighted by Gasteiger charge is -2.25. The number of halogens is 1. The maximum Gasteiger partial charge on any atom is 0.300 e. The van der Waals surface area contributed by atoms with Crippen molar-refractivity contribution in [2.24, 2.45) is 0 Å². The second-order valence-corrected chi connectivity index (χ2v) is 8.00. The Morgan fingerprint density at radius 1 is 1.13 bits per heavy atom. The molecule has 0 spiro atoms. The molecule has 1 aliphatic heterocycles. The highest BCUT2D eigenvalue weighted by Crippen LogP contribution is 2.42. The van der Waals surface area contributed by atoms with Gasteiger partial charge in [0, 0.05) is 23.6 Å². The SMILES string of the molecule is COc1ccc(/C(O)=C2/C(=O)C(=O)N(c3cccc(C)c3)C2c2cccnc2)cc1Br. The van der Waals surface area contributed by atoms with Crippen molar-refractivity contribution in [3.05, 3.63) is 93.7 Å². The van der Waals surface area contributed by atoms with Gasteiger partial charge in [-0.15, -0.1) is 0 Å². The fourth-order valence-corrected chi connectivity index (χ4v) is 4.24. The number of aromatic nitrogens is 1. The Hall–Kier alpha value is -3.45. The van der Waals surface area contributed by atoms with Gasteiger partial charge < -0.3 is 9.84 Å². The quantitative estimate of drug-likeness (QED) is 0.331. The molecule has 0 aliphatic carbocycles. The van der Waals surface area contributed by atoms with E-state index in [1.165, 1.54) is 12.0 Å². The van der Waals surface area contributed by atoms with E-state index in [0.717, 1.165) is 5.56 Å². The molecule has 3 aromatic rings. The number of ether oxygens (including phenoxy) is 1. The third-order valence-electron chi connectivity index (χ3n) is 5.15. The standard InChI is InChI=1S/C24H19BrN2O4/c1-14-5-3-7-17(11-14)27-21(16-6-4-10-26-13-16)20(23(29)24(27)30)22(28)15-8-9-19(31-2)18(25)12-15/h3-13,21,28H,1-2H3/b22-20-. The smallest absolute Gasteiger partial charge is 0.300 e. The number of carbonyl (C=O) groups excluding carboxylic acids is 2. The molecular weight excluding hydrogens is 460 g/mol. The van der Waals surface area contributed by atoms with Gasteiger partial charge in [-0.2, -0.15) is 0 Å². The topological polar surface area (TPSA) is 79.7 Å². The summed E-state index contributed by atoms with van der Waals surface area (Å²) < 4.78 is 5.85. The number of carbonyl (C=O) groups is 2. The highest BCUT2D eigenvalue weighted by atomic mass is 79.9. The number of hydrogen-bond donors (Lipinski definition) is 1. The number of aryl methyl sites for hydroxylation is 1. The highest BCUT2D eigenvalue weighted by molar-refractivity contribution is 9.10. The molecule has 156 valence electrons. The first-order valence-electron chi connectivity index (χ1n) is 9.54. The van der Waals surface area contributed by atoms with Gasteiger partial charge in [-0.1, -0.05) is 18.2 Å². The number of nitrogens with zero attached hydrogens (tertiary/aromatic N) is 2. The molecule has 1 unspecified atom stereocenters. The number of amides is 1. The van der Waals surface area contributed by atoms with Crippen LogP contribution in [0.25, 0.3) is 5.76 Å². The van der Waals surface area contributed by atoms with E-state index in [-0.39, 0.29) is 11.3 Å². The summed E-state index contributed by atoms with van der Waals surface area (Å²) >= 11 is 3.40. The molecule has 31 heavy (non-hydrogen) atoms. The number of pyridine rings is 1. The Labute approximate surface area is 187 Å². The van der Waals surface area contributed by atoms with E-state index >= 15 is 0 Å². The van der Waals surface area contributed by atoms with Crippen LogP contribution in [0, 0.1) is 6.92 Å². The summed E-state index contributed by atoms with van der Waals surface area (Å²) in [4.78, 5) is 31.8. The van der Waals surface area contributed by atoms with Crippen LogP contribution < -0.4 is 9.64 Å². The number of methoxy groups -OCH3 is 1. The van der Waals surface area contributed by atoms with Crippen LogP contribution in [0.4, 0.5) is 5.69 Å². The zero-order valence-corrected chi connectivity index (χ0v) is 18.5. The van der Waals surface area contributed by atoms with Crippen LogP contribution in [-0.2, 0) is 9.59 Å². The molecule has 1 saturated heterocycles. The van der Waals surface area contributed by atoms with Gasteiger partial charge in [-0.3, -0.25) is 19.5 Å². The van der Waals surface area contributed by atoms with Gasteiger partial charge in [0.2, 0.25) is 0 Å². The predicted molar refractivity (Wildman–Crippen MR) is 121 cm³/mol. The number of rotatable bonds is 4. The number of ketones is 1. The number of aliphatic hydroxyl groups is 1. The first-order valence-corrected chi connectivity index (χ1v) is 10.3. The average Bonchev–Trinajstić information content (AvgIpc) is 3.04. The number of anilines is 1. The molecule has 1 aromatic heterocycles. The lowest BCUT2D eigenvalue weighted by Crippen LogP contribution is -2.29. The molecule has 1 fully saturated rings. The summed E-state index contributed by atoms with van der Waals surface area (Å²) in [7, 11) is 1.54. The largest absolute Gasteiger partial charge is 0.507 e. The first-order chi connectivity index (χ1) is 14.9. The normalized spacial score (nSPS) is 17.8. The second kappa shape index (κ2) is 8.35. The van der Waals surface area contributed by atoms with Crippen molar-refractivity contribution in [2.75, 3.05) is 12.0 Å². The van der Waals surface area contributed by atoms with Crippen molar-refractivity contribution >= 4 is 39.1 Å². The monoisotopic (exact) mass is 478 g/mol. The van der Waals surface area contributed by atoms with Crippen LogP contribution in [0.15, 0.2) is 77.0 Å². The van der Waals surface area contributed by atoms with E-state index in [4.69, 9.17) is 4.74 Å². The third kappa shape index (κ3) is 3.72. The third-order valence-corrected chi connectivity index (χ3v) is 5.77. The highest BCUT2D eigenvalue weighted by Gasteiger charge is 2.47. The lowest BCUT2D eigenvalue weighted by molar-refractivity contribution is -0.132. The number of aliphatic hydroxyl groups excluding tert-OH is 1. The number of hydrogen-bond acceptors (Lipinski definition) is 5. The Bertz CT molecular complexity index is 1210. The molecule has 0 bridgehead atoms. The molecule has 7 heteroatoms. The molecule has 4 rings (SSSR count). The predicted octanol–water partition coefficient (Wildman–Crippen LogP) is 4.79. The van der Waals surface area contributed by atoms with E-state index in [0.29, 0.717) is 27.0 Å². The number of Topliss-reactive ketones (excluding diaryl/α,β-unsaturated/α-hetero) is 1. The van der Waals surface area contributed by atoms with Gasteiger partial charge in [0.15, 0.2) is 0 Å². The minimum atomic E-state index is -0.809. The van der Waals surface area contributed by atoms with Crippen LogP contribution in [-0.4, -0.2) is 28.9 Å². The Kier molecular flexibility index (Phi) is 5.61. The Morgan fingerprint density at radius 2 is 1.94 bits per heavy atom. The molecule has 2 aromatic carbocycles. The zero-order valence-electron chi connectivity index (χ0n) is 16.9. The first kappa shape index (κ1) is 20.8. The summed E-state index contributed by atoms with van der Waals surface area (Å²) in [6, 6.07) is 15.0. The molecule has 0 saturated carbocycles. The van der Waals surface area contributed by atoms with Gasteiger partial charge in [0.1, 0.15) is 11.5 Å². The van der Waals surface area contributed by atoms with Gasteiger partial charge in [-0.05, 0) is 70.4 Å². The molecule has 2 heterocycles. The number of benzene rings is 2. The van der Waals surface area contributed by atoms with Crippen molar-refractivity contribution in [3.8, 4) is 5.75 Å². The fraction of sp³-hybridized carbons (Fsp3) is 0.125. The van der Waals surface area contributed by atoms with Crippen molar-refractivity contribution in [1.29, 1.82) is 0 Å². The van der Waals surface area contributed by atoms with Crippen molar-refractivity contribution in [3.63, 3.8) is 0 Å². The lowest BCUT2D eigenvalue weighted by atomic mass is 9.96. The molecule has 1 atom stereocenters. The minimum Gasteiger partial charge on any atom is -0.507 e. The maximum atomic E-state index is 13.1. The van der Waals surface area contributed by atoms with Gasteiger partial charge in [0.05, 0.1) is 23.2 Å². The van der Waals surface area contributed by atoms with Crippen LogP contribution in [0.5, 0.6) is 5.75 Å². The van der Waals surface area contributed by atoms with Gasteiger partial charge in [0.25, 0.3) is 11.7 Å². The Balaban J connectivity index is 1.93. The summed E-state index contributed by atoms with van der Waals surface area (Å²) in [6.45, 7) is 1.91. The van der Waals surface area contributed by atoms with Gasteiger partial charge in [-0.25, -0.2) is 0 Å². The molecule has 0 radical (unpaired) electrons. The molecule has 1 N–H and O–H groups in total. The molecule has 1 aliphatic rings. The van der Waals surface area contributed by atoms with Crippen LogP contribution in [0.1, 0.15) is 22.7 Å². The summed E-state index contributed by atoms with van der Waals surface area (Å²) in [5.41, 5.74) is 2.55. The van der Waals surface area contributed by atoms with Crippen molar-refractivity contribution in [2.45, 2.75) is 13.0 Å². The summed E-state index contributed by atoms with van der Waals surface area (Å²) in [5, 5.41) is 11.1. The van der Waals surface area contributed by atoms with E-state index in [1.807, 2.05) is 25.1 Å². The Morgan fingerprint density at radius 3 is 2.58 bits per heavy atom. The second-order valence-electron chi connectivity index (χ2n) is 7.14. The van der Waals surface area contributed by atoms with E-state index < -0.39 is 17.7 Å². The van der Waals surface area contributed by atoms with Gasteiger partial charge >= 0.3 is 0 Å². The van der Waals surface area contributed by atoms with Crippen LogP contribution in [0.3, 0.4) is 0 Å². The van der Waals surface area contributed by atoms with Crippen molar-refractivity contribution < 1.29 is 19.4 Å². The zero-order chi connectivity index (χ0) is 22.1. The van der Waals surface area contributed by atoms with Crippen molar-refractivity contribution in [1.82, 2.24) is 4.98 Å². The maximum absolute atomic E-state index is 13.1. The molecule has 6 nitrogen and oxygen atoms in total.